The molecular weight excluding hydrogens is 408 g/mol. The molecule has 0 bridgehead atoms. The first-order valence-electron chi connectivity index (χ1n) is 8.48. The van der Waals surface area contributed by atoms with Crippen LogP contribution in [0.15, 0.2) is 30.5 Å². The summed E-state index contributed by atoms with van der Waals surface area (Å²) < 4.78 is 14.9. The lowest BCUT2D eigenvalue weighted by molar-refractivity contribution is 0.0751. The lowest BCUT2D eigenvalue weighted by Gasteiger charge is -2.35. The minimum absolute atomic E-state index is 0.0529. The van der Waals surface area contributed by atoms with Crippen molar-refractivity contribution in [2.75, 3.05) is 31.1 Å². The summed E-state index contributed by atoms with van der Waals surface area (Å²) in [5.74, 6) is 0.338. The minimum Gasteiger partial charge on any atom is -0.352 e. The van der Waals surface area contributed by atoms with Crippen molar-refractivity contribution in [1.82, 2.24) is 9.88 Å². The molecule has 0 atom stereocenters. The average Bonchev–Trinajstić information content (AvgIpc) is 2.99. The van der Waals surface area contributed by atoms with Crippen molar-refractivity contribution >= 4 is 56.3 Å². The van der Waals surface area contributed by atoms with Crippen LogP contribution in [-0.4, -0.2) is 42.0 Å². The highest BCUT2D eigenvalue weighted by Gasteiger charge is 2.27. The van der Waals surface area contributed by atoms with Gasteiger partial charge in [0.1, 0.15) is 11.6 Å². The van der Waals surface area contributed by atoms with Gasteiger partial charge in [0.15, 0.2) is 0 Å². The van der Waals surface area contributed by atoms with E-state index in [-0.39, 0.29) is 11.7 Å². The van der Waals surface area contributed by atoms with Gasteiger partial charge in [-0.25, -0.2) is 9.37 Å². The topological polar surface area (TPSA) is 36.4 Å². The van der Waals surface area contributed by atoms with E-state index >= 15 is 0 Å². The number of aromatic nitrogens is 1. The van der Waals surface area contributed by atoms with Crippen molar-refractivity contribution in [3.63, 3.8) is 0 Å². The third-order valence-electron chi connectivity index (χ3n) is 4.75. The van der Waals surface area contributed by atoms with Gasteiger partial charge in [-0.15, -0.1) is 11.3 Å². The molecule has 1 aliphatic rings. The quantitative estimate of drug-likeness (QED) is 0.580. The molecule has 1 aliphatic heterocycles. The second-order valence-electron chi connectivity index (χ2n) is 6.41. The molecule has 1 saturated heterocycles. The van der Waals surface area contributed by atoms with Crippen molar-refractivity contribution in [2.45, 2.75) is 6.92 Å². The highest BCUT2D eigenvalue weighted by molar-refractivity contribution is 7.21. The minimum atomic E-state index is -0.284. The molecule has 0 aliphatic carbocycles. The van der Waals surface area contributed by atoms with E-state index in [4.69, 9.17) is 23.2 Å². The first-order chi connectivity index (χ1) is 13.0. The van der Waals surface area contributed by atoms with Crippen LogP contribution in [0.3, 0.4) is 0 Å². The fourth-order valence-electron chi connectivity index (χ4n) is 3.36. The maximum Gasteiger partial charge on any atom is 0.264 e. The van der Waals surface area contributed by atoms with E-state index in [0.717, 1.165) is 4.70 Å². The Bertz CT molecular complexity index is 1030. The van der Waals surface area contributed by atoms with Gasteiger partial charge in [-0.05, 0) is 30.7 Å². The second kappa shape index (κ2) is 7.26. The highest BCUT2D eigenvalue weighted by Crippen LogP contribution is 2.34. The first kappa shape index (κ1) is 18.5. The number of halogens is 3. The predicted molar refractivity (Wildman–Crippen MR) is 109 cm³/mol. The number of carbonyl (C=O) groups is 1. The van der Waals surface area contributed by atoms with Crippen LogP contribution < -0.4 is 4.90 Å². The van der Waals surface area contributed by atoms with Gasteiger partial charge < -0.3 is 9.80 Å². The zero-order valence-electron chi connectivity index (χ0n) is 14.5. The van der Waals surface area contributed by atoms with Crippen LogP contribution in [0.5, 0.6) is 0 Å². The fraction of sp³-hybridized carbons (Fsp3) is 0.263. The molecule has 8 heteroatoms. The number of pyridine rings is 1. The van der Waals surface area contributed by atoms with Crippen LogP contribution in [0, 0.1) is 12.7 Å². The van der Waals surface area contributed by atoms with Gasteiger partial charge in [0, 0.05) is 42.5 Å². The van der Waals surface area contributed by atoms with E-state index in [0.29, 0.717) is 57.9 Å². The molecule has 4 rings (SSSR count). The molecule has 4 nitrogen and oxygen atoms in total. The molecule has 1 fully saturated rings. The summed E-state index contributed by atoms with van der Waals surface area (Å²) in [5, 5.41) is 1.53. The largest absolute Gasteiger partial charge is 0.352 e. The zero-order valence-corrected chi connectivity index (χ0v) is 16.8. The number of carbonyl (C=O) groups excluding carboxylic acids is 1. The van der Waals surface area contributed by atoms with E-state index in [2.05, 4.69) is 4.98 Å². The van der Waals surface area contributed by atoms with Crippen molar-refractivity contribution in [2.24, 2.45) is 0 Å². The standard InChI is InChI=1S/C19H16Cl2FN3OS/c1-11-16-14(22)3-2-4-15(16)27-17(11)19(26)25-7-5-24(6-8-25)18-13(21)9-12(20)10-23-18/h2-4,9-10H,5-8H2,1H3. The number of fused-ring (bicyclic) bond motifs is 1. The summed E-state index contributed by atoms with van der Waals surface area (Å²) >= 11 is 13.5. The van der Waals surface area contributed by atoms with Crippen molar-refractivity contribution in [3.05, 3.63) is 56.8 Å². The SMILES string of the molecule is Cc1c(C(=O)N2CCN(c3ncc(Cl)cc3Cl)CC2)sc2cccc(F)c12. The maximum atomic E-state index is 14.1. The van der Waals surface area contributed by atoms with Crippen LogP contribution in [0.25, 0.3) is 10.1 Å². The fourth-order valence-corrected chi connectivity index (χ4v) is 5.05. The van der Waals surface area contributed by atoms with Gasteiger partial charge >= 0.3 is 0 Å². The van der Waals surface area contributed by atoms with E-state index in [9.17, 15) is 9.18 Å². The molecule has 0 radical (unpaired) electrons. The molecule has 0 saturated carbocycles. The number of hydrogen-bond donors (Lipinski definition) is 0. The van der Waals surface area contributed by atoms with Crippen molar-refractivity contribution in [3.8, 4) is 0 Å². The van der Waals surface area contributed by atoms with Crippen LogP contribution in [0.2, 0.25) is 10.0 Å². The third kappa shape index (κ3) is 3.37. The number of anilines is 1. The summed E-state index contributed by atoms with van der Waals surface area (Å²) in [7, 11) is 0. The average molecular weight is 424 g/mol. The van der Waals surface area contributed by atoms with E-state index in [1.807, 2.05) is 17.9 Å². The Morgan fingerprint density at radius 3 is 2.63 bits per heavy atom. The number of rotatable bonds is 2. The molecule has 140 valence electrons. The Balaban J connectivity index is 1.52. The molecule has 0 spiro atoms. The van der Waals surface area contributed by atoms with Gasteiger partial charge in [0.25, 0.3) is 5.91 Å². The number of amides is 1. The monoisotopic (exact) mass is 423 g/mol. The Kier molecular flexibility index (Phi) is 4.97. The Morgan fingerprint density at radius 1 is 1.22 bits per heavy atom. The normalized spacial score (nSPS) is 14.8. The number of aryl methyl sites for hydroxylation is 1. The zero-order chi connectivity index (χ0) is 19.1. The molecule has 1 aromatic carbocycles. The Hall–Kier alpha value is -1.89. The van der Waals surface area contributed by atoms with Crippen molar-refractivity contribution in [1.29, 1.82) is 0 Å². The van der Waals surface area contributed by atoms with Gasteiger partial charge in [-0.1, -0.05) is 29.3 Å². The molecule has 27 heavy (non-hydrogen) atoms. The molecule has 0 unspecified atom stereocenters. The number of benzene rings is 1. The number of piperazine rings is 1. The highest BCUT2D eigenvalue weighted by atomic mass is 35.5. The lowest BCUT2D eigenvalue weighted by atomic mass is 10.1. The predicted octanol–water partition coefficient (Wildman–Crippen LogP) is 5.01. The Labute approximate surface area is 170 Å². The smallest absolute Gasteiger partial charge is 0.264 e. The van der Waals surface area contributed by atoms with E-state index < -0.39 is 0 Å². The summed E-state index contributed by atoms with van der Waals surface area (Å²) in [6, 6.07) is 6.61. The van der Waals surface area contributed by atoms with Gasteiger partial charge in [-0.2, -0.15) is 0 Å². The number of nitrogens with zero attached hydrogens (tertiary/aromatic N) is 3. The number of thiophene rings is 1. The first-order valence-corrected chi connectivity index (χ1v) is 10.1. The molecule has 1 amide bonds. The second-order valence-corrected chi connectivity index (χ2v) is 8.30. The number of hydrogen-bond acceptors (Lipinski definition) is 4. The molecule has 3 heterocycles. The van der Waals surface area contributed by atoms with Gasteiger partial charge in [0.05, 0.1) is 14.9 Å². The van der Waals surface area contributed by atoms with E-state index in [1.165, 1.54) is 17.4 Å². The summed E-state index contributed by atoms with van der Waals surface area (Å²) in [6.45, 7) is 4.16. The molecule has 3 aromatic rings. The summed E-state index contributed by atoms with van der Waals surface area (Å²) in [6.07, 6.45) is 1.56. The molecular formula is C19H16Cl2FN3OS. The summed E-state index contributed by atoms with van der Waals surface area (Å²) in [5.41, 5.74) is 0.711. The van der Waals surface area contributed by atoms with Crippen LogP contribution in [-0.2, 0) is 0 Å². The van der Waals surface area contributed by atoms with E-state index in [1.54, 1.807) is 23.2 Å². The summed E-state index contributed by atoms with van der Waals surface area (Å²) in [4.78, 5) is 21.7. The molecule has 2 aromatic heterocycles. The molecule has 0 N–H and O–H groups in total. The lowest BCUT2D eigenvalue weighted by Crippen LogP contribution is -2.49. The van der Waals surface area contributed by atoms with Gasteiger partial charge in [0.2, 0.25) is 0 Å². The third-order valence-corrected chi connectivity index (χ3v) is 6.48. The maximum absolute atomic E-state index is 14.1. The van der Waals surface area contributed by atoms with Crippen LogP contribution >= 0.6 is 34.5 Å². The van der Waals surface area contributed by atoms with Crippen LogP contribution in [0.4, 0.5) is 10.2 Å². The van der Waals surface area contributed by atoms with Crippen molar-refractivity contribution < 1.29 is 9.18 Å². The Morgan fingerprint density at radius 2 is 1.96 bits per heavy atom. The van der Waals surface area contributed by atoms with Gasteiger partial charge in [-0.3, -0.25) is 4.79 Å². The van der Waals surface area contributed by atoms with Crippen LogP contribution in [0.1, 0.15) is 15.2 Å².